The van der Waals surface area contributed by atoms with Crippen LogP contribution >= 0.6 is 0 Å². The van der Waals surface area contributed by atoms with Gasteiger partial charge in [0.05, 0.1) is 35.2 Å². The lowest BCUT2D eigenvalue weighted by molar-refractivity contribution is -0.146. The molecular formula is C21H21FN6O3. The van der Waals surface area contributed by atoms with Gasteiger partial charge in [0.25, 0.3) is 0 Å². The summed E-state index contributed by atoms with van der Waals surface area (Å²) in [5, 5.41) is 9.81. The number of hydrogen-bond donors (Lipinski definition) is 3. The lowest BCUT2D eigenvalue weighted by Gasteiger charge is -2.38. The minimum Gasteiger partial charge on any atom is -0.366 e. The van der Waals surface area contributed by atoms with Crippen molar-refractivity contribution < 1.29 is 18.8 Å². The van der Waals surface area contributed by atoms with Crippen LogP contribution in [0.25, 0.3) is 10.9 Å². The molecule has 1 aliphatic heterocycles. The fourth-order valence-electron chi connectivity index (χ4n) is 3.90. The summed E-state index contributed by atoms with van der Waals surface area (Å²) < 4.78 is 14.8. The molecule has 3 amide bonds. The largest absolute Gasteiger partial charge is 0.366 e. The Morgan fingerprint density at radius 3 is 2.77 bits per heavy atom. The predicted molar refractivity (Wildman–Crippen MR) is 110 cm³/mol. The SMILES string of the molecule is C[C@@H]1CC[C@@H](c2cc3cn[nH]c3cc2F)N(C(=O)C(=O)Nc2cncc(C(N)=O)c2)C1. The number of rotatable bonds is 3. The van der Waals surface area contributed by atoms with Gasteiger partial charge in [0, 0.05) is 23.7 Å². The Morgan fingerprint density at radius 1 is 1.19 bits per heavy atom. The average molecular weight is 424 g/mol. The van der Waals surface area contributed by atoms with Gasteiger partial charge < -0.3 is 16.0 Å². The lowest BCUT2D eigenvalue weighted by atomic mass is 9.89. The van der Waals surface area contributed by atoms with E-state index < -0.39 is 29.6 Å². The molecule has 1 saturated heterocycles. The minimum absolute atomic E-state index is 0.102. The first-order chi connectivity index (χ1) is 14.8. The predicted octanol–water partition coefficient (Wildman–Crippen LogP) is 2.13. The molecule has 10 heteroatoms. The van der Waals surface area contributed by atoms with E-state index in [1.54, 1.807) is 12.3 Å². The van der Waals surface area contributed by atoms with Gasteiger partial charge in [-0.15, -0.1) is 0 Å². The number of halogens is 1. The molecule has 3 aromatic rings. The summed E-state index contributed by atoms with van der Waals surface area (Å²) in [5.41, 5.74) is 6.40. The van der Waals surface area contributed by atoms with E-state index in [4.69, 9.17) is 5.73 Å². The van der Waals surface area contributed by atoms with Gasteiger partial charge in [-0.1, -0.05) is 6.92 Å². The van der Waals surface area contributed by atoms with Crippen LogP contribution in [-0.4, -0.2) is 44.3 Å². The first-order valence-corrected chi connectivity index (χ1v) is 9.83. The first-order valence-electron chi connectivity index (χ1n) is 9.83. The van der Waals surface area contributed by atoms with Gasteiger partial charge in [-0.25, -0.2) is 4.39 Å². The van der Waals surface area contributed by atoms with E-state index in [9.17, 15) is 18.8 Å². The van der Waals surface area contributed by atoms with Crippen molar-refractivity contribution in [3.05, 3.63) is 53.7 Å². The molecule has 160 valence electrons. The second-order valence-electron chi connectivity index (χ2n) is 7.77. The molecule has 4 rings (SSSR count). The van der Waals surface area contributed by atoms with Crippen LogP contribution in [0.1, 0.15) is 41.7 Å². The number of nitrogens with one attached hydrogen (secondary N) is 2. The molecular weight excluding hydrogens is 403 g/mol. The number of nitrogens with zero attached hydrogens (tertiary/aromatic N) is 3. The Kier molecular flexibility index (Phi) is 5.37. The Morgan fingerprint density at radius 2 is 2.00 bits per heavy atom. The minimum atomic E-state index is -0.896. The first kappa shape index (κ1) is 20.5. The zero-order valence-corrected chi connectivity index (χ0v) is 16.8. The number of benzene rings is 1. The van der Waals surface area contributed by atoms with Gasteiger partial charge in [-0.2, -0.15) is 5.10 Å². The van der Waals surface area contributed by atoms with E-state index in [0.29, 0.717) is 24.0 Å². The van der Waals surface area contributed by atoms with Gasteiger partial charge in [-0.3, -0.25) is 24.5 Å². The van der Waals surface area contributed by atoms with Crippen molar-refractivity contribution in [3.63, 3.8) is 0 Å². The van der Waals surface area contributed by atoms with Crippen LogP contribution in [0, 0.1) is 11.7 Å². The summed E-state index contributed by atoms with van der Waals surface area (Å²) in [6.07, 6.45) is 5.47. The number of primary amides is 1. The van der Waals surface area contributed by atoms with Gasteiger partial charge in [0.2, 0.25) is 5.91 Å². The van der Waals surface area contributed by atoms with Crippen molar-refractivity contribution in [2.45, 2.75) is 25.8 Å². The number of anilines is 1. The molecule has 0 saturated carbocycles. The number of likely N-dealkylation sites (tertiary alicyclic amines) is 1. The Labute approximate surface area is 176 Å². The monoisotopic (exact) mass is 424 g/mol. The number of H-pyrrole nitrogens is 1. The van der Waals surface area contributed by atoms with E-state index in [2.05, 4.69) is 20.5 Å². The second-order valence-corrected chi connectivity index (χ2v) is 7.77. The summed E-state index contributed by atoms with van der Waals surface area (Å²) >= 11 is 0. The van der Waals surface area contributed by atoms with Gasteiger partial charge in [-0.05, 0) is 37.0 Å². The fourth-order valence-corrected chi connectivity index (χ4v) is 3.90. The van der Waals surface area contributed by atoms with Crippen LogP contribution in [-0.2, 0) is 9.59 Å². The Hall–Kier alpha value is -3.82. The zero-order chi connectivity index (χ0) is 22.1. The average Bonchev–Trinajstić information content (AvgIpc) is 3.20. The number of amides is 3. The molecule has 4 N–H and O–H groups in total. The van der Waals surface area contributed by atoms with Crippen molar-refractivity contribution in [3.8, 4) is 0 Å². The van der Waals surface area contributed by atoms with E-state index >= 15 is 0 Å². The number of fused-ring (bicyclic) bond motifs is 1. The number of nitrogens with two attached hydrogens (primary N) is 1. The summed E-state index contributed by atoms with van der Waals surface area (Å²) in [5.74, 6) is -2.69. The molecule has 9 nitrogen and oxygen atoms in total. The van der Waals surface area contributed by atoms with Crippen molar-refractivity contribution in [2.75, 3.05) is 11.9 Å². The van der Waals surface area contributed by atoms with Gasteiger partial charge in [0.1, 0.15) is 5.82 Å². The number of aromatic amines is 1. The third kappa shape index (κ3) is 4.09. The molecule has 0 spiro atoms. The zero-order valence-electron chi connectivity index (χ0n) is 16.8. The van der Waals surface area contributed by atoms with Gasteiger partial charge in [0.15, 0.2) is 0 Å². The molecule has 3 heterocycles. The van der Waals surface area contributed by atoms with Crippen LogP contribution in [0.15, 0.2) is 36.8 Å². The third-order valence-electron chi connectivity index (χ3n) is 5.47. The number of aromatic nitrogens is 3. The van der Waals surface area contributed by atoms with E-state index in [1.165, 1.54) is 29.4 Å². The van der Waals surface area contributed by atoms with Crippen LogP contribution in [0.5, 0.6) is 0 Å². The Bertz CT molecular complexity index is 1180. The topological polar surface area (TPSA) is 134 Å². The molecule has 0 radical (unpaired) electrons. The van der Waals surface area contributed by atoms with Crippen molar-refractivity contribution in [1.29, 1.82) is 0 Å². The molecule has 1 aliphatic rings. The highest BCUT2D eigenvalue weighted by Gasteiger charge is 2.35. The van der Waals surface area contributed by atoms with E-state index in [0.717, 1.165) is 11.8 Å². The molecule has 0 aliphatic carbocycles. The van der Waals surface area contributed by atoms with Crippen LogP contribution in [0.2, 0.25) is 0 Å². The smallest absolute Gasteiger partial charge is 0.313 e. The normalized spacial score (nSPS) is 18.7. The molecule has 1 aromatic carbocycles. The number of hydrogen-bond acceptors (Lipinski definition) is 5. The summed E-state index contributed by atoms with van der Waals surface area (Å²) in [6, 6.07) is 3.76. The standard InChI is InChI=1S/C21H21FN6O3/c1-11-2-3-18(15-5-12-8-25-27-17(12)6-16(15)22)28(10-11)21(31)20(30)26-14-4-13(19(23)29)7-24-9-14/h4-9,11,18H,2-3,10H2,1H3,(H2,23,29)(H,25,27)(H,26,30)/t11-,18+/m1/s1. The highest BCUT2D eigenvalue weighted by atomic mass is 19.1. The number of carbonyl (C=O) groups is 3. The van der Waals surface area contributed by atoms with E-state index in [1.807, 2.05) is 6.92 Å². The molecule has 0 bridgehead atoms. The maximum absolute atomic E-state index is 14.8. The van der Waals surface area contributed by atoms with E-state index in [-0.39, 0.29) is 17.2 Å². The second kappa shape index (κ2) is 8.13. The number of piperidine rings is 1. The maximum Gasteiger partial charge on any atom is 0.313 e. The van der Waals surface area contributed by atoms with Crippen molar-refractivity contribution in [1.82, 2.24) is 20.1 Å². The van der Waals surface area contributed by atoms with Crippen LogP contribution in [0.3, 0.4) is 0 Å². The highest BCUT2D eigenvalue weighted by Crippen LogP contribution is 2.36. The van der Waals surface area contributed by atoms with Gasteiger partial charge >= 0.3 is 11.8 Å². The maximum atomic E-state index is 14.8. The quantitative estimate of drug-likeness (QED) is 0.554. The Balaban J connectivity index is 1.60. The molecule has 2 aromatic heterocycles. The third-order valence-corrected chi connectivity index (χ3v) is 5.47. The summed E-state index contributed by atoms with van der Waals surface area (Å²) in [4.78, 5) is 42.3. The molecule has 1 fully saturated rings. The number of pyridine rings is 1. The summed E-state index contributed by atoms with van der Waals surface area (Å²) in [6.45, 7) is 2.30. The summed E-state index contributed by atoms with van der Waals surface area (Å²) in [7, 11) is 0. The molecule has 2 atom stereocenters. The molecule has 0 unspecified atom stereocenters. The lowest BCUT2D eigenvalue weighted by Crippen LogP contribution is -2.46. The van der Waals surface area contributed by atoms with Crippen LogP contribution < -0.4 is 11.1 Å². The van der Waals surface area contributed by atoms with Crippen molar-refractivity contribution in [2.24, 2.45) is 11.7 Å². The van der Waals surface area contributed by atoms with Crippen molar-refractivity contribution >= 4 is 34.3 Å². The number of carbonyl (C=O) groups excluding carboxylic acids is 3. The molecule has 31 heavy (non-hydrogen) atoms. The highest BCUT2D eigenvalue weighted by molar-refractivity contribution is 6.39. The fraction of sp³-hybridized carbons (Fsp3) is 0.286. The van der Waals surface area contributed by atoms with Crippen LogP contribution in [0.4, 0.5) is 10.1 Å².